The van der Waals surface area contributed by atoms with Crippen molar-refractivity contribution < 1.29 is 24.5 Å². The number of hydrogen-bond acceptors (Lipinski definition) is 5. The molecule has 0 amide bonds. The molecule has 0 unspecified atom stereocenters. The zero-order chi connectivity index (χ0) is 21.3. The van der Waals surface area contributed by atoms with E-state index in [1.165, 1.54) is 12.3 Å². The number of fused-ring (bicyclic) bond motifs is 3. The van der Waals surface area contributed by atoms with Gasteiger partial charge in [-0.3, -0.25) is 4.79 Å². The first-order valence-electron chi connectivity index (χ1n) is 9.65. The van der Waals surface area contributed by atoms with Crippen molar-refractivity contribution >= 4 is 5.97 Å². The van der Waals surface area contributed by atoms with Crippen molar-refractivity contribution in [3.8, 4) is 22.8 Å². The predicted molar refractivity (Wildman–Crippen MR) is 109 cm³/mol. The van der Waals surface area contributed by atoms with Crippen LogP contribution in [0.15, 0.2) is 29.2 Å². The molecule has 1 aromatic carbocycles. The van der Waals surface area contributed by atoms with Crippen LogP contribution in [0.2, 0.25) is 0 Å². The van der Waals surface area contributed by atoms with Crippen LogP contribution >= 0.6 is 0 Å². The molecule has 0 saturated carbocycles. The molecule has 0 radical (unpaired) electrons. The van der Waals surface area contributed by atoms with E-state index in [-0.39, 0.29) is 23.6 Å². The molecule has 1 aliphatic rings. The summed E-state index contributed by atoms with van der Waals surface area (Å²) in [7, 11) is 1.55. The number of aromatic carboxylic acids is 1. The minimum Gasteiger partial charge on any atom is -0.493 e. The average molecular weight is 401 g/mol. The van der Waals surface area contributed by atoms with Gasteiger partial charge in [-0.1, -0.05) is 20.8 Å². The van der Waals surface area contributed by atoms with E-state index in [0.29, 0.717) is 30.2 Å². The Morgan fingerprint density at radius 3 is 2.59 bits per heavy atom. The zero-order valence-corrected chi connectivity index (χ0v) is 17.2. The Labute approximate surface area is 169 Å². The molecule has 156 valence electrons. The van der Waals surface area contributed by atoms with Gasteiger partial charge in [0.2, 0.25) is 0 Å². The van der Waals surface area contributed by atoms with Crippen LogP contribution in [0.4, 0.5) is 0 Å². The lowest BCUT2D eigenvalue weighted by molar-refractivity contribution is 0.0694. The quantitative estimate of drug-likeness (QED) is 0.740. The molecule has 1 aromatic heterocycles. The number of benzene rings is 1. The van der Waals surface area contributed by atoms with Gasteiger partial charge in [0.15, 0.2) is 16.9 Å². The SMILES string of the molecule is CC[C@@H]1Cc2cc(OCC(C)(C)CO)c(OC)cc2-c2cc(=O)c(C(=O)O)cn21. The van der Waals surface area contributed by atoms with Crippen LogP contribution in [0.5, 0.6) is 11.5 Å². The van der Waals surface area contributed by atoms with E-state index in [4.69, 9.17) is 9.47 Å². The van der Waals surface area contributed by atoms with Crippen molar-refractivity contribution in [2.24, 2.45) is 5.41 Å². The van der Waals surface area contributed by atoms with Crippen LogP contribution in [-0.2, 0) is 6.42 Å². The van der Waals surface area contributed by atoms with Crippen LogP contribution in [0.3, 0.4) is 0 Å². The number of carbonyl (C=O) groups is 1. The number of aromatic nitrogens is 1. The highest BCUT2D eigenvalue weighted by molar-refractivity contribution is 5.87. The molecule has 0 aliphatic carbocycles. The van der Waals surface area contributed by atoms with E-state index < -0.39 is 11.4 Å². The molecule has 7 nitrogen and oxygen atoms in total. The molecule has 1 atom stereocenters. The van der Waals surface area contributed by atoms with E-state index in [1.807, 2.05) is 37.5 Å². The van der Waals surface area contributed by atoms with Crippen LogP contribution < -0.4 is 14.9 Å². The van der Waals surface area contributed by atoms with Gasteiger partial charge >= 0.3 is 5.97 Å². The maximum Gasteiger partial charge on any atom is 0.341 e. The van der Waals surface area contributed by atoms with Gasteiger partial charge in [0, 0.05) is 29.3 Å². The van der Waals surface area contributed by atoms with Crippen LogP contribution in [0.25, 0.3) is 11.3 Å². The number of carboxylic acid groups (broad SMARTS) is 1. The Hall–Kier alpha value is -2.80. The molecular formula is C22H27NO6. The Morgan fingerprint density at radius 1 is 1.28 bits per heavy atom. The summed E-state index contributed by atoms with van der Waals surface area (Å²) in [6, 6.07) is 5.17. The van der Waals surface area contributed by atoms with E-state index in [2.05, 4.69) is 0 Å². The van der Waals surface area contributed by atoms with Gasteiger partial charge in [-0.15, -0.1) is 0 Å². The highest BCUT2D eigenvalue weighted by Crippen LogP contribution is 2.42. The second-order valence-electron chi connectivity index (χ2n) is 8.19. The summed E-state index contributed by atoms with van der Waals surface area (Å²) in [4.78, 5) is 23.7. The van der Waals surface area contributed by atoms with Crippen LogP contribution in [0, 0.1) is 5.41 Å². The number of aliphatic hydroxyl groups excluding tert-OH is 1. The summed E-state index contributed by atoms with van der Waals surface area (Å²) in [5.41, 5.74) is 1.38. The summed E-state index contributed by atoms with van der Waals surface area (Å²) in [5, 5.41) is 18.8. The van der Waals surface area contributed by atoms with E-state index in [0.717, 1.165) is 17.5 Å². The molecule has 0 spiro atoms. The lowest BCUT2D eigenvalue weighted by Crippen LogP contribution is -2.26. The third-order valence-corrected chi connectivity index (χ3v) is 5.34. The molecule has 0 fully saturated rings. The van der Waals surface area contributed by atoms with Crippen molar-refractivity contribution in [3.63, 3.8) is 0 Å². The highest BCUT2D eigenvalue weighted by Gasteiger charge is 2.27. The van der Waals surface area contributed by atoms with Gasteiger partial charge in [0.1, 0.15) is 5.56 Å². The molecule has 3 rings (SSSR count). The van der Waals surface area contributed by atoms with Gasteiger partial charge in [-0.25, -0.2) is 4.79 Å². The second kappa shape index (κ2) is 7.91. The third-order valence-electron chi connectivity index (χ3n) is 5.34. The lowest BCUT2D eigenvalue weighted by atomic mass is 9.90. The highest BCUT2D eigenvalue weighted by atomic mass is 16.5. The molecule has 0 saturated heterocycles. The number of pyridine rings is 1. The Kier molecular flexibility index (Phi) is 5.71. The summed E-state index contributed by atoms with van der Waals surface area (Å²) in [5.74, 6) is -0.117. The molecule has 1 aliphatic heterocycles. The van der Waals surface area contributed by atoms with Gasteiger partial charge < -0.3 is 24.3 Å². The monoisotopic (exact) mass is 401 g/mol. The molecule has 2 N–H and O–H groups in total. The smallest absolute Gasteiger partial charge is 0.341 e. The number of nitrogens with zero attached hydrogens (tertiary/aromatic N) is 1. The molecular weight excluding hydrogens is 374 g/mol. The summed E-state index contributed by atoms with van der Waals surface area (Å²) < 4.78 is 13.3. The number of hydrogen-bond donors (Lipinski definition) is 2. The number of rotatable bonds is 7. The van der Waals surface area contributed by atoms with Gasteiger partial charge in [0.25, 0.3) is 0 Å². The van der Waals surface area contributed by atoms with Crippen molar-refractivity contribution in [1.29, 1.82) is 0 Å². The molecule has 29 heavy (non-hydrogen) atoms. The number of carboxylic acids is 1. The molecule has 2 heterocycles. The first kappa shape index (κ1) is 20.9. The maximum atomic E-state index is 12.3. The minimum absolute atomic E-state index is 0.000365. The number of aliphatic hydroxyl groups is 1. The summed E-state index contributed by atoms with van der Waals surface area (Å²) >= 11 is 0. The Balaban J connectivity index is 2.11. The zero-order valence-electron chi connectivity index (χ0n) is 17.2. The second-order valence-corrected chi connectivity index (χ2v) is 8.19. The molecule has 0 bridgehead atoms. The topological polar surface area (TPSA) is 98.0 Å². The van der Waals surface area contributed by atoms with E-state index in [1.54, 1.807) is 7.11 Å². The average Bonchev–Trinajstić information content (AvgIpc) is 2.70. The fourth-order valence-electron chi connectivity index (χ4n) is 3.52. The maximum absolute atomic E-state index is 12.3. The van der Waals surface area contributed by atoms with Crippen LogP contribution in [-0.4, -0.2) is 41.1 Å². The standard InChI is InChI=1S/C22H27NO6/c1-5-14-6-13-7-20(29-12-22(2,3)11-24)19(28-4)8-15(13)17-9-18(25)16(21(26)27)10-23(14)17/h7-10,14,24H,5-6,11-12H2,1-4H3,(H,26,27)/t14-/m1/s1. The van der Waals surface area contributed by atoms with Gasteiger partial charge in [-0.2, -0.15) is 0 Å². The summed E-state index contributed by atoms with van der Waals surface area (Å²) in [6.07, 6.45) is 2.91. The van der Waals surface area contributed by atoms with E-state index in [9.17, 15) is 19.8 Å². The third kappa shape index (κ3) is 4.00. The number of ether oxygens (including phenoxy) is 2. The summed E-state index contributed by atoms with van der Waals surface area (Å²) in [6.45, 7) is 6.18. The normalized spacial score (nSPS) is 15.4. The number of methoxy groups -OCH3 is 1. The first-order valence-corrected chi connectivity index (χ1v) is 9.65. The lowest BCUT2D eigenvalue weighted by Gasteiger charge is -2.31. The fraction of sp³-hybridized carbons (Fsp3) is 0.455. The van der Waals surface area contributed by atoms with Crippen LogP contribution in [0.1, 0.15) is 49.2 Å². The predicted octanol–water partition coefficient (Wildman–Crippen LogP) is 3.13. The Bertz CT molecular complexity index is 992. The van der Waals surface area contributed by atoms with Gasteiger partial charge in [-0.05, 0) is 30.5 Å². The largest absolute Gasteiger partial charge is 0.493 e. The minimum atomic E-state index is -1.22. The van der Waals surface area contributed by atoms with Crippen molar-refractivity contribution in [2.45, 2.75) is 39.7 Å². The van der Waals surface area contributed by atoms with Crippen molar-refractivity contribution in [3.05, 3.63) is 45.7 Å². The fourth-order valence-corrected chi connectivity index (χ4v) is 3.52. The van der Waals surface area contributed by atoms with Gasteiger partial charge in [0.05, 0.1) is 26.0 Å². The Morgan fingerprint density at radius 2 is 2.00 bits per heavy atom. The van der Waals surface area contributed by atoms with E-state index >= 15 is 0 Å². The molecule has 7 heteroatoms. The van der Waals surface area contributed by atoms with Crippen molar-refractivity contribution in [2.75, 3.05) is 20.3 Å². The molecule has 2 aromatic rings. The van der Waals surface area contributed by atoms with Crippen molar-refractivity contribution in [1.82, 2.24) is 4.57 Å². The first-order chi connectivity index (χ1) is 13.7.